The molecule has 16 heavy (non-hydrogen) atoms. The van der Waals surface area contributed by atoms with Crippen LogP contribution >= 0.6 is 27.5 Å². The number of hydrogen-bond acceptors (Lipinski definition) is 3. The number of rotatable bonds is 1. The third-order valence-electron chi connectivity index (χ3n) is 2.05. The molecule has 0 fully saturated rings. The summed E-state index contributed by atoms with van der Waals surface area (Å²) in [5.74, 6) is 1.05. The number of nitrogens with zero attached hydrogens (tertiary/aromatic N) is 2. The predicted octanol–water partition coefficient (Wildman–Crippen LogP) is 3.45. The van der Waals surface area contributed by atoms with Gasteiger partial charge in [-0.3, -0.25) is 0 Å². The highest BCUT2D eigenvalue weighted by Crippen LogP contribution is 2.27. The Labute approximate surface area is 107 Å². The standard InChI is InChI=1S/C11H9BrClN3/c1-6-4-10(14)16-11(15-6)7-2-3-8(12)9(13)5-7/h2-5H,1H3,(H2,14,15,16). The zero-order valence-corrected chi connectivity index (χ0v) is 10.9. The number of nitrogens with two attached hydrogens (primary N) is 1. The van der Waals surface area contributed by atoms with E-state index in [1.54, 1.807) is 12.1 Å². The minimum atomic E-state index is 0.460. The van der Waals surface area contributed by atoms with Crippen molar-refractivity contribution in [2.24, 2.45) is 0 Å². The number of aromatic nitrogens is 2. The van der Waals surface area contributed by atoms with Gasteiger partial charge in [-0.1, -0.05) is 11.6 Å². The number of nitrogen functional groups attached to an aromatic ring is 1. The second-order valence-electron chi connectivity index (χ2n) is 3.39. The smallest absolute Gasteiger partial charge is 0.161 e. The van der Waals surface area contributed by atoms with Crippen LogP contribution < -0.4 is 5.73 Å². The number of halogens is 2. The molecule has 2 rings (SSSR count). The molecule has 0 unspecified atom stereocenters. The van der Waals surface area contributed by atoms with Crippen LogP contribution in [-0.2, 0) is 0 Å². The molecule has 0 aliphatic heterocycles. The van der Waals surface area contributed by atoms with Gasteiger partial charge < -0.3 is 5.73 Å². The molecule has 2 N–H and O–H groups in total. The summed E-state index contributed by atoms with van der Waals surface area (Å²) in [4.78, 5) is 8.48. The van der Waals surface area contributed by atoms with Crippen LogP contribution in [0.25, 0.3) is 11.4 Å². The van der Waals surface area contributed by atoms with Gasteiger partial charge in [-0.25, -0.2) is 9.97 Å². The Morgan fingerprint density at radius 2 is 2.00 bits per heavy atom. The maximum absolute atomic E-state index is 6.01. The van der Waals surface area contributed by atoms with Crippen molar-refractivity contribution in [3.05, 3.63) is 39.5 Å². The van der Waals surface area contributed by atoms with Gasteiger partial charge in [0.05, 0.1) is 5.02 Å². The summed E-state index contributed by atoms with van der Waals surface area (Å²) < 4.78 is 0.846. The van der Waals surface area contributed by atoms with E-state index in [0.29, 0.717) is 16.7 Å². The lowest BCUT2D eigenvalue weighted by molar-refractivity contribution is 1.12. The molecule has 2 aromatic rings. The highest BCUT2D eigenvalue weighted by Gasteiger charge is 2.05. The van der Waals surface area contributed by atoms with Crippen LogP contribution in [-0.4, -0.2) is 9.97 Å². The molecule has 3 nitrogen and oxygen atoms in total. The van der Waals surface area contributed by atoms with Gasteiger partial charge in [0.25, 0.3) is 0 Å². The fourth-order valence-corrected chi connectivity index (χ4v) is 1.78. The fourth-order valence-electron chi connectivity index (χ4n) is 1.36. The molecule has 0 spiro atoms. The van der Waals surface area contributed by atoms with Crippen molar-refractivity contribution < 1.29 is 0 Å². The molecule has 1 heterocycles. The lowest BCUT2D eigenvalue weighted by Crippen LogP contribution is -1.97. The van der Waals surface area contributed by atoms with Crippen LogP contribution in [0.1, 0.15) is 5.69 Å². The van der Waals surface area contributed by atoms with E-state index in [1.165, 1.54) is 0 Å². The van der Waals surface area contributed by atoms with Crippen molar-refractivity contribution in [2.75, 3.05) is 5.73 Å². The highest BCUT2D eigenvalue weighted by atomic mass is 79.9. The zero-order valence-electron chi connectivity index (χ0n) is 8.54. The number of anilines is 1. The van der Waals surface area contributed by atoms with Gasteiger partial charge in [0, 0.05) is 21.8 Å². The van der Waals surface area contributed by atoms with E-state index < -0.39 is 0 Å². The molecule has 5 heteroatoms. The second kappa shape index (κ2) is 4.39. The zero-order chi connectivity index (χ0) is 11.7. The lowest BCUT2D eigenvalue weighted by atomic mass is 10.2. The van der Waals surface area contributed by atoms with E-state index >= 15 is 0 Å². The Morgan fingerprint density at radius 1 is 1.25 bits per heavy atom. The molecule has 0 aliphatic rings. The molecular formula is C11H9BrClN3. The van der Waals surface area contributed by atoms with E-state index in [9.17, 15) is 0 Å². The maximum Gasteiger partial charge on any atom is 0.161 e. The highest BCUT2D eigenvalue weighted by molar-refractivity contribution is 9.10. The molecule has 1 aromatic carbocycles. The largest absolute Gasteiger partial charge is 0.384 e. The fraction of sp³-hybridized carbons (Fsp3) is 0.0909. The van der Waals surface area contributed by atoms with Crippen LogP contribution in [0.3, 0.4) is 0 Å². The molecule has 0 saturated heterocycles. The van der Waals surface area contributed by atoms with Gasteiger partial charge in [-0.05, 0) is 41.1 Å². The minimum Gasteiger partial charge on any atom is -0.384 e. The summed E-state index contributed by atoms with van der Waals surface area (Å²) in [5.41, 5.74) is 7.36. The maximum atomic E-state index is 6.01. The third kappa shape index (κ3) is 2.33. The van der Waals surface area contributed by atoms with Gasteiger partial charge in [0.2, 0.25) is 0 Å². The lowest BCUT2D eigenvalue weighted by Gasteiger charge is -2.04. The molecule has 0 atom stereocenters. The monoisotopic (exact) mass is 297 g/mol. The Hall–Kier alpha value is -1.13. The first-order valence-electron chi connectivity index (χ1n) is 4.63. The quantitative estimate of drug-likeness (QED) is 0.877. The van der Waals surface area contributed by atoms with Crippen LogP contribution in [0.2, 0.25) is 5.02 Å². The first-order valence-corrected chi connectivity index (χ1v) is 5.80. The Kier molecular flexibility index (Phi) is 3.12. The van der Waals surface area contributed by atoms with Crippen molar-refractivity contribution >= 4 is 33.3 Å². The van der Waals surface area contributed by atoms with Gasteiger partial charge in [-0.15, -0.1) is 0 Å². The summed E-state index contributed by atoms with van der Waals surface area (Å²) in [6.07, 6.45) is 0. The average Bonchev–Trinajstić information content (AvgIpc) is 2.20. The summed E-state index contributed by atoms with van der Waals surface area (Å²) >= 11 is 9.34. The average molecular weight is 299 g/mol. The Bertz CT molecular complexity index is 522. The molecular weight excluding hydrogens is 289 g/mol. The topological polar surface area (TPSA) is 51.8 Å². The van der Waals surface area contributed by atoms with Gasteiger partial charge in [0.15, 0.2) is 5.82 Å². The van der Waals surface area contributed by atoms with E-state index in [2.05, 4.69) is 25.9 Å². The summed E-state index contributed by atoms with van der Waals surface area (Å²) in [5, 5.41) is 0.626. The van der Waals surface area contributed by atoms with E-state index in [4.69, 9.17) is 17.3 Å². The van der Waals surface area contributed by atoms with Crippen molar-refractivity contribution in [1.82, 2.24) is 9.97 Å². The van der Waals surface area contributed by atoms with Crippen LogP contribution in [0.15, 0.2) is 28.7 Å². The van der Waals surface area contributed by atoms with E-state index in [1.807, 2.05) is 19.1 Å². The molecule has 82 valence electrons. The second-order valence-corrected chi connectivity index (χ2v) is 4.65. The van der Waals surface area contributed by atoms with E-state index in [-0.39, 0.29) is 0 Å². The van der Waals surface area contributed by atoms with E-state index in [0.717, 1.165) is 15.7 Å². The number of hydrogen-bond donors (Lipinski definition) is 1. The van der Waals surface area contributed by atoms with Crippen molar-refractivity contribution in [1.29, 1.82) is 0 Å². The SMILES string of the molecule is Cc1cc(N)nc(-c2ccc(Br)c(Cl)c2)n1. The first kappa shape index (κ1) is 11.4. The molecule has 0 amide bonds. The van der Waals surface area contributed by atoms with Gasteiger partial charge in [0.1, 0.15) is 5.82 Å². The van der Waals surface area contributed by atoms with Gasteiger partial charge >= 0.3 is 0 Å². The predicted molar refractivity (Wildman–Crippen MR) is 69.3 cm³/mol. The third-order valence-corrected chi connectivity index (χ3v) is 3.28. The minimum absolute atomic E-state index is 0.460. The number of benzene rings is 1. The Morgan fingerprint density at radius 3 is 2.62 bits per heavy atom. The van der Waals surface area contributed by atoms with Gasteiger partial charge in [-0.2, -0.15) is 0 Å². The first-order chi connectivity index (χ1) is 7.56. The van der Waals surface area contributed by atoms with Crippen LogP contribution in [0.4, 0.5) is 5.82 Å². The molecule has 0 radical (unpaired) electrons. The van der Waals surface area contributed by atoms with Crippen molar-refractivity contribution in [3.8, 4) is 11.4 Å². The molecule has 1 aromatic heterocycles. The summed E-state index contributed by atoms with van der Waals surface area (Å²) in [7, 11) is 0. The number of aryl methyl sites for hydroxylation is 1. The molecule has 0 bridgehead atoms. The van der Waals surface area contributed by atoms with Crippen LogP contribution in [0.5, 0.6) is 0 Å². The Balaban J connectivity index is 2.54. The van der Waals surface area contributed by atoms with Crippen molar-refractivity contribution in [3.63, 3.8) is 0 Å². The normalized spacial score (nSPS) is 10.4. The van der Waals surface area contributed by atoms with Crippen LogP contribution in [0, 0.1) is 6.92 Å². The summed E-state index contributed by atoms with van der Waals surface area (Å²) in [6.45, 7) is 1.88. The molecule has 0 saturated carbocycles. The molecule has 0 aliphatic carbocycles. The summed E-state index contributed by atoms with van der Waals surface area (Å²) in [6, 6.07) is 7.29. The van der Waals surface area contributed by atoms with Crippen molar-refractivity contribution in [2.45, 2.75) is 6.92 Å².